The van der Waals surface area contributed by atoms with E-state index in [0.717, 1.165) is 0 Å². The molecular weight excluding hydrogens is 1350 g/mol. The van der Waals surface area contributed by atoms with Crippen molar-refractivity contribution in [2.75, 3.05) is 13.1 Å². The summed E-state index contributed by atoms with van der Waals surface area (Å²) in [5.74, 6) is -5.86. The van der Waals surface area contributed by atoms with Gasteiger partial charge in [-0.1, -0.05) is 65.3 Å². The number of carbonyl (C=O) groups excluding carboxylic acids is 8. The van der Waals surface area contributed by atoms with Crippen molar-refractivity contribution < 1.29 is 83.3 Å². The monoisotopic (exact) mass is 1440 g/mol. The molecule has 2 saturated heterocycles. The molecule has 2 unspecified atom stereocenters. The lowest BCUT2D eigenvalue weighted by atomic mass is 9.85. The third-order valence-corrected chi connectivity index (χ3v) is 21.3. The first-order chi connectivity index (χ1) is 45.8. The number of pyridine rings is 2. The van der Waals surface area contributed by atoms with E-state index in [4.69, 9.17) is 25.8 Å². The highest BCUT2D eigenvalue weighted by molar-refractivity contribution is 7.91. The number of aliphatic hydroxyl groups is 1. The van der Waals surface area contributed by atoms with E-state index in [1.807, 2.05) is 0 Å². The molecule has 26 nitrogen and oxygen atoms in total. The molecule has 0 radical (unpaired) electrons. The topological polar surface area (TPSA) is 357 Å². The maximum absolute atomic E-state index is 14.4. The number of likely N-dealkylation sites (tertiary alicyclic amines) is 2. The summed E-state index contributed by atoms with van der Waals surface area (Å²) in [5, 5.41) is 21.3. The van der Waals surface area contributed by atoms with Crippen LogP contribution in [0.15, 0.2) is 86.2 Å². The van der Waals surface area contributed by atoms with E-state index in [9.17, 15) is 69.1 Å². The van der Waals surface area contributed by atoms with E-state index in [0.29, 0.717) is 52.5 Å². The van der Waals surface area contributed by atoms with Crippen LogP contribution in [0.4, 0.5) is 18.4 Å². The SMILES string of the molecule is C=CC1C[C@]1(NC(=O)[C@@H]1C[C@@H](O)CN1C(=O)[C@@H](NC(=O)OC(C)(C)C)C(C)(C)C)C(=O)NS(=O)(=O)C1CC1.C=CC1C[C@]1(NC(=O)[C@@H]1C[C@@H](Oc2ccnc3ccc(F)cc23)CN1C(=O)[C@@H](NC(=O)OC(C)(C)C)C(C)(C)C)C(=O)NS(=O)(=O)C1CC1.Fc1ccc2nccc(Cl)c2c1. The first-order valence-corrected chi connectivity index (χ1v) is 36.0. The Morgan fingerprint density at radius 3 is 1.42 bits per heavy atom. The average Bonchev–Trinajstić information content (AvgIpc) is 1.58. The van der Waals surface area contributed by atoms with Crippen molar-refractivity contribution >= 4 is 101 Å². The maximum atomic E-state index is 14.4. The fraction of sp³-hybridized carbons (Fsp3) is 0.559. The van der Waals surface area contributed by atoms with Crippen molar-refractivity contribution in [3.8, 4) is 5.75 Å². The normalized spacial score (nSPS) is 24.2. The summed E-state index contributed by atoms with van der Waals surface area (Å²) in [6, 6.07) is 7.06. The van der Waals surface area contributed by atoms with Gasteiger partial charge in [-0.15, -0.1) is 13.2 Å². The lowest BCUT2D eigenvalue weighted by Gasteiger charge is -2.36. The molecule has 6 aliphatic rings. The molecule has 7 N–H and O–H groups in total. The van der Waals surface area contributed by atoms with Gasteiger partial charge in [0, 0.05) is 54.4 Å². The number of benzene rings is 2. The first-order valence-electron chi connectivity index (χ1n) is 32.5. The van der Waals surface area contributed by atoms with Crippen LogP contribution in [0.25, 0.3) is 21.8 Å². The quantitative estimate of drug-likeness (QED) is 0.0497. The second-order valence-electron chi connectivity index (χ2n) is 30.1. The maximum Gasteiger partial charge on any atom is 0.408 e. The number of sulfonamides is 2. The molecule has 2 aliphatic heterocycles. The molecule has 4 aliphatic carbocycles. The second-order valence-corrected chi connectivity index (χ2v) is 34.4. The first kappa shape index (κ1) is 76.7. The van der Waals surface area contributed by atoms with E-state index in [1.54, 1.807) is 107 Å². The van der Waals surface area contributed by atoms with Crippen LogP contribution in [0.2, 0.25) is 5.02 Å². The number of nitrogens with zero attached hydrogens (tertiary/aromatic N) is 4. The summed E-state index contributed by atoms with van der Waals surface area (Å²) in [6.07, 6.45) is 4.62. The van der Waals surface area contributed by atoms with Crippen LogP contribution in [-0.2, 0) is 58.3 Å². The number of aliphatic hydroxyl groups excluding tert-OH is 1. The molecule has 4 aromatic rings. The number of hydrogen-bond donors (Lipinski definition) is 7. The zero-order valence-electron chi connectivity index (χ0n) is 57.5. The molecule has 4 saturated carbocycles. The highest BCUT2D eigenvalue weighted by atomic mass is 35.5. The Kier molecular flexibility index (Phi) is 22.4. The van der Waals surface area contributed by atoms with Gasteiger partial charge in [0.2, 0.25) is 43.7 Å². The molecular formula is C68H89ClF2N10O16S2. The van der Waals surface area contributed by atoms with Gasteiger partial charge >= 0.3 is 12.2 Å². The Hall–Kier alpha value is -8.09. The molecule has 10 rings (SSSR count). The van der Waals surface area contributed by atoms with Gasteiger partial charge in [0.15, 0.2) is 0 Å². The predicted molar refractivity (Wildman–Crippen MR) is 363 cm³/mol. The van der Waals surface area contributed by atoms with Crippen LogP contribution >= 0.6 is 11.6 Å². The van der Waals surface area contributed by atoms with Crippen LogP contribution in [0.5, 0.6) is 5.75 Å². The largest absolute Gasteiger partial charge is 0.488 e. The summed E-state index contributed by atoms with van der Waals surface area (Å²) >= 11 is 5.82. The molecule has 31 heteroatoms. The van der Waals surface area contributed by atoms with E-state index in [1.165, 1.54) is 58.5 Å². The standard InChI is InChI=1S/C34H44FN5O8S.C25H40N4O8S.C9H5ClFN/c1-8-19-17-34(19,30(43)39-49(45,46)22-10-11-22)38-28(41)25-16-21(47-26-13-14-36-24-12-9-20(35)15-23(24)26)18-40(25)29(42)27(32(2,3)4)37-31(44)48-33(5,6)7;1-8-14-12-25(14,21(33)28-38(35,36)16-9-10-16)27-19(31)17-11-15(30)13-29(17)20(32)18(23(2,3)4)26-22(34)37-24(5,6)7;10-8-3-4-12-9-2-1-6(11)5-7(8)9/h8-9,12-15,19,21-22,25,27H,1,10-11,16-18H2,2-7H3,(H,37,44)(H,38,41)(H,39,43);8,14-18,30H,1,9-13H2,2-7H3,(H,26,34)(H,27,31)(H,28,33);1-5H/t19?,21-,25+,27-,34-;14?,15-,17+,18-,25-;/m11./s1. The Morgan fingerprint density at radius 2 is 1.02 bits per heavy atom. The van der Waals surface area contributed by atoms with Crippen molar-refractivity contribution in [1.29, 1.82) is 0 Å². The minimum Gasteiger partial charge on any atom is -0.488 e. The number of alkyl carbamates (subject to hydrolysis) is 2. The third kappa shape index (κ3) is 18.9. The summed E-state index contributed by atoms with van der Waals surface area (Å²) in [6.45, 7) is 27.8. The molecule has 0 spiro atoms. The van der Waals surface area contributed by atoms with Crippen molar-refractivity contribution in [2.45, 2.75) is 204 Å². The van der Waals surface area contributed by atoms with Crippen LogP contribution in [0, 0.1) is 34.3 Å². The number of β-amino-alcohol motifs (C(OH)–C–C–N with tert-alkyl or cyclic N) is 1. The summed E-state index contributed by atoms with van der Waals surface area (Å²) < 4.78 is 98.1. The number of ether oxygens (including phenoxy) is 3. The average molecular weight is 1440 g/mol. The minimum atomic E-state index is -3.91. The van der Waals surface area contributed by atoms with E-state index >= 15 is 0 Å². The predicted octanol–water partition coefficient (Wildman–Crippen LogP) is 6.92. The van der Waals surface area contributed by atoms with E-state index in [-0.39, 0.29) is 50.3 Å². The minimum absolute atomic E-state index is 0.0309. The van der Waals surface area contributed by atoms with Gasteiger partial charge in [-0.05, 0) is 139 Å². The zero-order valence-corrected chi connectivity index (χ0v) is 59.9. The highest BCUT2D eigenvalue weighted by Crippen LogP contribution is 2.47. The number of amides is 8. The second kappa shape index (κ2) is 28.9. The van der Waals surface area contributed by atoms with Crippen LogP contribution < -0.4 is 35.4 Å². The molecule has 2 aromatic heterocycles. The third-order valence-electron chi connectivity index (χ3n) is 17.4. The molecule has 99 heavy (non-hydrogen) atoms. The Labute approximate surface area is 580 Å². The Bertz CT molecular complexity index is 4080. The van der Waals surface area contributed by atoms with Crippen molar-refractivity contribution in [3.05, 3.63) is 103 Å². The number of aromatic nitrogens is 2. The molecule has 2 aromatic carbocycles. The summed E-state index contributed by atoms with van der Waals surface area (Å²) in [7, 11) is -7.75. The van der Waals surface area contributed by atoms with Crippen LogP contribution in [-0.4, -0.2) is 172 Å². The summed E-state index contributed by atoms with van der Waals surface area (Å²) in [5.41, 5.74) is -5.15. The van der Waals surface area contributed by atoms with Crippen molar-refractivity contribution in [1.82, 2.24) is 50.5 Å². The molecule has 6 fully saturated rings. The van der Waals surface area contributed by atoms with Gasteiger partial charge in [0.1, 0.15) is 69.9 Å². The lowest BCUT2D eigenvalue weighted by Crippen LogP contribution is -2.60. The molecule has 0 bridgehead atoms. The number of carbonyl (C=O) groups is 8. The number of nitrogens with one attached hydrogen (secondary N) is 6. The molecule has 10 atom stereocenters. The van der Waals surface area contributed by atoms with Gasteiger partial charge in [-0.25, -0.2) is 35.2 Å². The molecule has 4 heterocycles. The highest BCUT2D eigenvalue weighted by Gasteiger charge is 2.63. The fourth-order valence-corrected chi connectivity index (χ4v) is 14.6. The van der Waals surface area contributed by atoms with Gasteiger partial charge in [0.05, 0.1) is 39.2 Å². The van der Waals surface area contributed by atoms with Gasteiger partial charge in [-0.3, -0.25) is 48.2 Å². The number of fused-ring (bicyclic) bond motifs is 2. The smallest absolute Gasteiger partial charge is 0.408 e. The number of halogens is 3. The Morgan fingerprint density at radius 1 is 0.616 bits per heavy atom. The van der Waals surface area contributed by atoms with Gasteiger partial charge in [-0.2, -0.15) is 0 Å². The van der Waals surface area contributed by atoms with Crippen molar-refractivity contribution in [2.24, 2.45) is 22.7 Å². The number of hydrogen-bond acceptors (Lipinski definition) is 18. The van der Waals surface area contributed by atoms with Crippen molar-refractivity contribution in [3.63, 3.8) is 0 Å². The van der Waals surface area contributed by atoms with Crippen LogP contribution in [0.3, 0.4) is 0 Å². The fourth-order valence-electron chi connectivity index (χ4n) is 11.7. The number of rotatable bonds is 18. The van der Waals surface area contributed by atoms with Crippen LogP contribution in [0.1, 0.15) is 134 Å². The molecule has 540 valence electrons. The zero-order chi connectivity index (χ0) is 73.5. The lowest BCUT2D eigenvalue weighted by molar-refractivity contribution is -0.143. The molecule has 8 amide bonds. The van der Waals surface area contributed by atoms with Gasteiger partial charge < -0.3 is 50.4 Å². The summed E-state index contributed by atoms with van der Waals surface area (Å²) in [4.78, 5) is 118. The van der Waals surface area contributed by atoms with E-state index < -0.39 is 165 Å². The van der Waals surface area contributed by atoms with Gasteiger partial charge in [0.25, 0.3) is 11.8 Å². The Balaban J connectivity index is 0.000000220. The van der Waals surface area contributed by atoms with E-state index in [2.05, 4.69) is 53.8 Å².